The van der Waals surface area contributed by atoms with E-state index in [2.05, 4.69) is 60.0 Å². The first-order valence-corrected chi connectivity index (χ1v) is 15.7. The minimum Gasteiger partial charge on any atom is -0.456 e. The smallest absolute Gasteiger partial charge is 0.384 e. The molecule has 5 fully saturated rings. The molecule has 4 heteroatoms. The van der Waals surface area contributed by atoms with Crippen molar-refractivity contribution in [3.8, 4) is 24.7 Å². The molecular formula is C36H50O4. The number of rotatable bonds is 4. The molecule has 40 heavy (non-hydrogen) atoms. The summed E-state index contributed by atoms with van der Waals surface area (Å²) in [6.45, 7) is 19.5. The average molecular weight is 547 g/mol. The fraction of sp³-hybridized carbons (Fsp3) is 0.778. The standard InChI is InChI=1S/C36H50O4/c1-10-29(37)39-22-36-19-14-24(23(3)4)31(36)25-12-13-27-33(7)17-16-28(40-30(38)11-2)32(5,6)26(33)15-18-35(27,9)34(25,8)20-21-36/h1-2,24-28,31H,3,12-22H2,4-9H3/t24-,25+,26-,27+,28-,31+,33-,34+,35+,36+/m0/s1. The van der Waals surface area contributed by atoms with Crippen LogP contribution in [-0.2, 0) is 19.1 Å². The van der Waals surface area contributed by atoms with Gasteiger partial charge in [0.05, 0.1) is 6.61 Å². The second kappa shape index (κ2) is 9.68. The van der Waals surface area contributed by atoms with Crippen LogP contribution in [0.2, 0.25) is 0 Å². The van der Waals surface area contributed by atoms with E-state index >= 15 is 0 Å². The van der Waals surface area contributed by atoms with E-state index in [1.54, 1.807) is 0 Å². The Kier molecular flexibility index (Phi) is 7.09. The van der Waals surface area contributed by atoms with Gasteiger partial charge in [-0.2, -0.15) is 0 Å². The Morgan fingerprint density at radius 3 is 2.17 bits per heavy atom. The fourth-order valence-corrected chi connectivity index (χ4v) is 12.1. The van der Waals surface area contributed by atoms with Gasteiger partial charge < -0.3 is 9.47 Å². The predicted molar refractivity (Wildman–Crippen MR) is 157 cm³/mol. The van der Waals surface area contributed by atoms with Gasteiger partial charge in [0, 0.05) is 22.7 Å². The van der Waals surface area contributed by atoms with Crippen LogP contribution in [0.15, 0.2) is 12.2 Å². The summed E-state index contributed by atoms with van der Waals surface area (Å²) in [5.41, 5.74) is 1.81. The number of esters is 2. The van der Waals surface area contributed by atoms with E-state index in [4.69, 9.17) is 22.3 Å². The van der Waals surface area contributed by atoms with Crippen molar-refractivity contribution in [2.75, 3.05) is 6.61 Å². The molecule has 0 unspecified atom stereocenters. The second-order valence-corrected chi connectivity index (χ2v) is 15.7. The summed E-state index contributed by atoms with van der Waals surface area (Å²) in [6.07, 6.45) is 21.9. The lowest BCUT2D eigenvalue weighted by molar-refractivity contribution is -0.251. The van der Waals surface area contributed by atoms with Crippen molar-refractivity contribution in [1.29, 1.82) is 0 Å². The molecule has 0 aromatic heterocycles. The number of carbonyl (C=O) groups excluding carboxylic acids is 2. The van der Waals surface area contributed by atoms with E-state index < -0.39 is 11.9 Å². The van der Waals surface area contributed by atoms with E-state index in [1.807, 2.05) is 0 Å². The third-order valence-electron chi connectivity index (χ3n) is 14.2. The van der Waals surface area contributed by atoms with Gasteiger partial charge in [0.15, 0.2) is 0 Å². The van der Waals surface area contributed by atoms with Crippen molar-refractivity contribution >= 4 is 11.9 Å². The topological polar surface area (TPSA) is 52.6 Å². The van der Waals surface area contributed by atoms with E-state index in [0.29, 0.717) is 36.2 Å². The van der Waals surface area contributed by atoms with Crippen LogP contribution in [0.25, 0.3) is 0 Å². The number of hydrogen-bond acceptors (Lipinski definition) is 4. The SMILES string of the molecule is C#CC(=O)OC[C@]12CC[C@@H](C(=C)C)[C@@H]1[C@H]1CC[C@@H]3[C@@]4(C)CC[C@H](OC(=O)C#C)C(C)(C)[C@@H]4CC[C@@]3(C)[C@]1(C)CC2. The van der Waals surface area contributed by atoms with Crippen molar-refractivity contribution < 1.29 is 19.1 Å². The summed E-state index contributed by atoms with van der Waals surface area (Å²) in [7, 11) is 0. The van der Waals surface area contributed by atoms with E-state index in [0.717, 1.165) is 38.5 Å². The van der Waals surface area contributed by atoms with Crippen molar-refractivity contribution in [3.63, 3.8) is 0 Å². The van der Waals surface area contributed by atoms with Crippen LogP contribution in [0.3, 0.4) is 0 Å². The quantitative estimate of drug-likeness (QED) is 0.160. The van der Waals surface area contributed by atoms with Crippen LogP contribution >= 0.6 is 0 Å². The van der Waals surface area contributed by atoms with E-state index in [1.165, 1.54) is 31.3 Å². The summed E-state index contributed by atoms with van der Waals surface area (Å²) in [6, 6.07) is 0. The van der Waals surface area contributed by atoms with Gasteiger partial charge in [-0.3, -0.25) is 0 Å². The van der Waals surface area contributed by atoms with Crippen LogP contribution in [0.4, 0.5) is 0 Å². The third kappa shape index (κ3) is 3.95. The maximum absolute atomic E-state index is 12.1. The molecule has 0 amide bonds. The van der Waals surface area contributed by atoms with Crippen molar-refractivity contribution in [1.82, 2.24) is 0 Å². The average Bonchev–Trinajstić information content (AvgIpc) is 3.29. The van der Waals surface area contributed by atoms with Gasteiger partial charge >= 0.3 is 11.9 Å². The van der Waals surface area contributed by atoms with E-state index in [-0.39, 0.29) is 33.2 Å². The first kappa shape index (κ1) is 29.3. The normalized spacial score (nSPS) is 46.7. The Labute approximate surface area is 242 Å². The highest BCUT2D eigenvalue weighted by atomic mass is 16.5. The maximum Gasteiger partial charge on any atom is 0.384 e. The Morgan fingerprint density at radius 2 is 1.52 bits per heavy atom. The highest BCUT2D eigenvalue weighted by Crippen LogP contribution is 2.77. The number of terminal acetylenes is 2. The Morgan fingerprint density at radius 1 is 0.825 bits per heavy atom. The summed E-state index contributed by atoms with van der Waals surface area (Å²) < 4.78 is 11.5. The second-order valence-electron chi connectivity index (χ2n) is 15.7. The maximum atomic E-state index is 12.1. The lowest BCUT2D eigenvalue weighted by Crippen LogP contribution is -2.67. The van der Waals surface area contributed by atoms with Gasteiger partial charge in [-0.25, -0.2) is 9.59 Å². The molecule has 0 radical (unpaired) electrons. The number of ether oxygens (including phenoxy) is 2. The zero-order chi connectivity index (χ0) is 29.3. The Hall–Kier alpha value is -2.20. The number of carbonyl (C=O) groups is 2. The largest absolute Gasteiger partial charge is 0.456 e. The molecule has 0 aromatic rings. The van der Waals surface area contributed by atoms with Gasteiger partial charge in [-0.1, -0.05) is 46.8 Å². The fourth-order valence-electron chi connectivity index (χ4n) is 12.1. The molecule has 10 atom stereocenters. The predicted octanol–water partition coefficient (Wildman–Crippen LogP) is 7.37. The first-order chi connectivity index (χ1) is 18.7. The molecule has 5 saturated carbocycles. The summed E-state index contributed by atoms with van der Waals surface area (Å²) in [5.74, 6) is 5.91. The third-order valence-corrected chi connectivity index (χ3v) is 14.2. The molecule has 5 aliphatic carbocycles. The van der Waals surface area contributed by atoms with Gasteiger partial charge in [-0.05, 0) is 117 Å². The Balaban J connectivity index is 1.48. The molecule has 0 aromatic carbocycles. The molecule has 5 aliphatic rings. The highest BCUT2D eigenvalue weighted by molar-refractivity contribution is 5.88. The summed E-state index contributed by atoms with van der Waals surface area (Å²) in [5, 5.41) is 0. The molecule has 0 heterocycles. The summed E-state index contributed by atoms with van der Waals surface area (Å²) >= 11 is 0. The molecule has 218 valence electrons. The minimum atomic E-state index is -0.534. The van der Waals surface area contributed by atoms with Crippen LogP contribution < -0.4 is 0 Å². The van der Waals surface area contributed by atoms with Gasteiger partial charge in [0.2, 0.25) is 0 Å². The van der Waals surface area contributed by atoms with Gasteiger partial charge in [0.1, 0.15) is 6.10 Å². The molecule has 5 rings (SSSR count). The van der Waals surface area contributed by atoms with Crippen molar-refractivity contribution in [2.45, 2.75) is 112 Å². The molecule has 0 bridgehead atoms. The van der Waals surface area contributed by atoms with Crippen LogP contribution in [0.1, 0.15) is 106 Å². The first-order valence-electron chi connectivity index (χ1n) is 15.7. The van der Waals surface area contributed by atoms with Crippen LogP contribution in [0, 0.1) is 81.4 Å². The van der Waals surface area contributed by atoms with Crippen LogP contribution in [0.5, 0.6) is 0 Å². The molecule has 0 spiro atoms. The number of allylic oxidation sites excluding steroid dienone is 1. The highest BCUT2D eigenvalue weighted by Gasteiger charge is 2.71. The molecule has 4 nitrogen and oxygen atoms in total. The van der Waals surface area contributed by atoms with Gasteiger partial charge in [-0.15, -0.1) is 12.8 Å². The zero-order valence-electron chi connectivity index (χ0n) is 25.7. The monoisotopic (exact) mass is 546 g/mol. The lowest BCUT2D eigenvalue weighted by atomic mass is 9.32. The number of fused-ring (bicyclic) bond motifs is 7. The molecular weight excluding hydrogens is 496 g/mol. The zero-order valence-corrected chi connectivity index (χ0v) is 25.7. The Bertz CT molecular complexity index is 1170. The number of hydrogen-bond donors (Lipinski definition) is 0. The lowest BCUT2D eigenvalue weighted by Gasteiger charge is -2.73. The molecule has 0 N–H and O–H groups in total. The van der Waals surface area contributed by atoms with Crippen molar-refractivity contribution in [2.24, 2.45) is 56.7 Å². The van der Waals surface area contributed by atoms with Crippen LogP contribution in [-0.4, -0.2) is 24.6 Å². The minimum absolute atomic E-state index is 0.00551. The van der Waals surface area contributed by atoms with Crippen molar-refractivity contribution in [3.05, 3.63) is 12.2 Å². The molecule has 0 saturated heterocycles. The molecule has 0 aliphatic heterocycles. The van der Waals surface area contributed by atoms with E-state index in [9.17, 15) is 9.59 Å². The summed E-state index contributed by atoms with van der Waals surface area (Å²) in [4.78, 5) is 24.1. The van der Waals surface area contributed by atoms with Gasteiger partial charge in [0.25, 0.3) is 0 Å².